The lowest BCUT2D eigenvalue weighted by Gasteiger charge is -2.47. The van der Waals surface area contributed by atoms with Crippen LogP contribution in [0.4, 0.5) is 0 Å². The normalized spacial score (nSPS) is 39.9. The number of ether oxygens (including phenoxy) is 2. The molecule has 1 heterocycles. The van der Waals surface area contributed by atoms with Gasteiger partial charge in [-0.25, -0.2) is 0 Å². The van der Waals surface area contributed by atoms with E-state index >= 15 is 0 Å². The number of hydrogen-bond donors (Lipinski definition) is 0. The Morgan fingerprint density at radius 1 is 1.38 bits per heavy atom. The Morgan fingerprint density at radius 2 is 2.06 bits per heavy atom. The van der Waals surface area contributed by atoms with Crippen LogP contribution in [0.5, 0.6) is 0 Å². The molecule has 4 atom stereocenters. The molecule has 1 fully saturated rings. The molecule has 0 saturated carbocycles. The Bertz CT molecular complexity index is 196. The van der Waals surface area contributed by atoms with E-state index in [-0.39, 0.29) is 11.6 Å². The molecular formula is C13H25BO2. The van der Waals surface area contributed by atoms with Crippen molar-refractivity contribution in [3.8, 4) is 0 Å². The second-order valence-electron chi connectivity index (χ2n) is 5.30. The third-order valence-electron chi connectivity index (χ3n) is 3.96. The SMILES string of the molecule is [B][C@@H]1O[C@](CCC)(CCOC)CC(C)C1C. The van der Waals surface area contributed by atoms with Gasteiger partial charge >= 0.3 is 0 Å². The maximum atomic E-state index is 6.10. The molecule has 0 aromatic heterocycles. The van der Waals surface area contributed by atoms with Crippen LogP contribution in [-0.2, 0) is 9.47 Å². The van der Waals surface area contributed by atoms with Gasteiger partial charge in [0, 0.05) is 19.7 Å². The maximum Gasteiger partial charge on any atom is 0.109 e. The first-order valence-electron chi connectivity index (χ1n) is 6.47. The van der Waals surface area contributed by atoms with Gasteiger partial charge in [0.2, 0.25) is 0 Å². The summed E-state index contributed by atoms with van der Waals surface area (Å²) in [5.74, 6) is 1.08. The number of methoxy groups -OCH3 is 1. The van der Waals surface area contributed by atoms with Crippen LogP contribution in [0.1, 0.15) is 46.5 Å². The minimum atomic E-state index is -0.118. The van der Waals surface area contributed by atoms with Gasteiger partial charge in [0.25, 0.3) is 0 Å². The summed E-state index contributed by atoms with van der Waals surface area (Å²) in [6.07, 6.45) is 4.29. The Kier molecular flexibility index (Phi) is 5.32. The predicted octanol–water partition coefficient (Wildman–Crippen LogP) is 2.75. The van der Waals surface area contributed by atoms with Gasteiger partial charge in [-0.1, -0.05) is 27.2 Å². The molecule has 1 aliphatic rings. The molecule has 1 aliphatic heterocycles. The highest BCUT2D eigenvalue weighted by Gasteiger charge is 2.40. The molecule has 1 saturated heterocycles. The van der Waals surface area contributed by atoms with E-state index in [0.29, 0.717) is 11.8 Å². The molecule has 0 bridgehead atoms. The third-order valence-corrected chi connectivity index (χ3v) is 3.96. The lowest BCUT2D eigenvalue weighted by atomic mass is 9.70. The Morgan fingerprint density at radius 3 is 2.56 bits per heavy atom. The zero-order valence-corrected chi connectivity index (χ0v) is 11.2. The van der Waals surface area contributed by atoms with Crippen LogP contribution in [0.3, 0.4) is 0 Å². The molecule has 16 heavy (non-hydrogen) atoms. The van der Waals surface area contributed by atoms with Crippen molar-refractivity contribution < 1.29 is 9.47 Å². The molecule has 0 spiro atoms. The third kappa shape index (κ3) is 3.24. The van der Waals surface area contributed by atoms with E-state index < -0.39 is 0 Å². The van der Waals surface area contributed by atoms with Gasteiger partial charge in [-0.05, 0) is 31.1 Å². The van der Waals surface area contributed by atoms with E-state index in [0.717, 1.165) is 32.3 Å². The molecule has 0 N–H and O–H groups in total. The van der Waals surface area contributed by atoms with E-state index in [9.17, 15) is 0 Å². The minimum Gasteiger partial charge on any atom is -0.385 e. The second-order valence-corrected chi connectivity index (χ2v) is 5.30. The summed E-state index contributed by atoms with van der Waals surface area (Å²) in [6, 6.07) is -0.118. The maximum absolute atomic E-state index is 6.10. The Hall–Kier alpha value is -0.0151. The molecule has 2 radical (unpaired) electrons. The van der Waals surface area contributed by atoms with Crippen molar-refractivity contribution in [3.63, 3.8) is 0 Å². The van der Waals surface area contributed by atoms with Crippen LogP contribution >= 0.6 is 0 Å². The highest BCUT2D eigenvalue weighted by atomic mass is 16.5. The summed E-state index contributed by atoms with van der Waals surface area (Å²) in [6.45, 7) is 7.42. The van der Waals surface area contributed by atoms with Gasteiger partial charge < -0.3 is 9.47 Å². The van der Waals surface area contributed by atoms with Gasteiger partial charge in [-0.15, -0.1) is 0 Å². The topological polar surface area (TPSA) is 18.5 Å². The van der Waals surface area contributed by atoms with Crippen molar-refractivity contribution in [3.05, 3.63) is 0 Å². The summed E-state index contributed by atoms with van der Waals surface area (Å²) in [4.78, 5) is 0. The molecule has 3 heteroatoms. The molecule has 0 amide bonds. The van der Waals surface area contributed by atoms with Crippen molar-refractivity contribution >= 4 is 7.85 Å². The van der Waals surface area contributed by atoms with Crippen molar-refractivity contribution in [1.29, 1.82) is 0 Å². The van der Waals surface area contributed by atoms with Crippen LogP contribution in [0.25, 0.3) is 0 Å². The van der Waals surface area contributed by atoms with Crippen molar-refractivity contribution in [2.75, 3.05) is 13.7 Å². The van der Waals surface area contributed by atoms with E-state index in [1.54, 1.807) is 7.11 Å². The van der Waals surface area contributed by atoms with Crippen molar-refractivity contribution in [2.45, 2.75) is 58.1 Å². The van der Waals surface area contributed by atoms with Crippen LogP contribution < -0.4 is 0 Å². The molecule has 0 aromatic carbocycles. The summed E-state index contributed by atoms with van der Waals surface area (Å²) < 4.78 is 11.3. The van der Waals surface area contributed by atoms with Gasteiger partial charge in [0.05, 0.1) is 5.60 Å². The van der Waals surface area contributed by atoms with E-state index in [4.69, 9.17) is 17.3 Å². The lowest BCUT2D eigenvalue weighted by Crippen LogP contribution is -2.48. The number of rotatable bonds is 5. The monoisotopic (exact) mass is 224 g/mol. The van der Waals surface area contributed by atoms with E-state index in [2.05, 4.69) is 20.8 Å². The van der Waals surface area contributed by atoms with E-state index in [1.165, 1.54) is 0 Å². The van der Waals surface area contributed by atoms with Gasteiger partial charge in [-0.2, -0.15) is 0 Å². The largest absolute Gasteiger partial charge is 0.385 e. The zero-order chi connectivity index (χ0) is 12.2. The summed E-state index contributed by atoms with van der Waals surface area (Å²) in [5.41, 5.74) is -0.0455. The van der Waals surface area contributed by atoms with Gasteiger partial charge in [0.15, 0.2) is 0 Å². The highest BCUT2D eigenvalue weighted by molar-refractivity contribution is 6.11. The van der Waals surface area contributed by atoms with Crippen LogP contribution in [-0.4, -0.2) is 33.2 Å². The fourth-order valence-electron chi connectivity index (χ4n) is 2.73. The molecule has 0 aliphatic carbocycles. The fourth-order valence-corrected chi connectivity index (χ4v) is 2.73. The zero-order valence-electron chi connectivity index (χ0n) is 11.2. The summed E-state index contributed by atoms with van der Waals surface area (Å²) in [7, 11) is 7.83. The second kappa shape index (κ2) is 6.06. The first-order valence-corrected chi connectivity index (χ1v) is 6.47. The first-order chi connectivity index (χ1) is 7.54. The Labute approximate surface area is 101 Å². The quantitative estimate of drug-likeness (QED) is 0.668. The minimum absolute atomic E-state index is 0.0455. The lowest BCUT2D eigenvalue weighted by molar-refractivity contribution is -0.151. The molecule has 0 aromatic rings. The van der Waals surface area contributed by atoms with Crippen molar-refractivity contribution in [2.24, 2.45) is 11.8 Å². The first kappa shape index (κ1) is 14.0. The summed E-state index contributed by atoms with van der Waals surface area (Å²) in [5, 5.41) is 0. The standard InChI is InChI=1S/C13H25BO2/c1-5-6-13(7-8-15-4)9-10(2)11(3)12(14)16-13/h10-12H,5-9H2,1-4H3/t10?,11?,12-,13-/m1/s1. The van der Waals surface area contributed by atoms with E-state index in [1.807, 2.05) is 0 Å². The molecule has 1 rings (SSSR count). The predicted molar refractivity (Wildman–Crippen MR) is 67.7 cm³/mol. The molecule has 2 unspecified atom stereocenters. The van der Waals surface area contributed by atoms with Crippen molar-refractivity contribution in [1.82, 2.24) is 0 Å². The average Bonchev–Trinajstić information content (AvgIpc) is 2.24. The van der Waals surface area contributed by atoms with Crippen LogP contribution in [0.15, 0.2) is 0 Å². The molecule has 92 valence electrons. The molecule has 2 nitrogen and oxygen atoms in total. The molecular weight excluding hydrogens is 199 g/mol. The average molecular weight is 224 g/mol. The highest BCUT2D eigenvalue weighted by Crippen LogP contribution is 2.40. The fraction of sp³-hybridized carbons (Fsp3) is 1.00. The summed E-state index contributed by atoms with van der Waals surface area (Å²) >= 11 is 0. The van der Waals surface area contributed by atoms with Crippen LogP contribution in [0.2, 0.25) is 0 Å². The number of hydrogen-bond acceptors (Lipinski definition) is 2. The van der Waals surface area contributed by atoms with Gasteiger partial charge in [0.1, 0.15) is 7.85 Å². The Balaban J connectivity index is 2.69. The van der Waals surface area contributed by atoms with Crippen LogP contribution in [0, 0.1) is 11.8 Å². The smallest absolute Gasteiger partial charge is 0.109 e. The van der Waals surface area contributed by atoms with Gasteiger partial charge in [-0.3, -0.25) is 0 Å².